The van der Waals surface area contributed by atoms with E-state index in [1.807, 2.05) is 59.5 Å². The van der Waals surface area contributed by atoms with Gasteiger partial charge < -0.3 is 10.2 Å². The highest BCUT2D eigenvalue weighted by Crippen LogP contribution is 2.42. The molecule has 1 N–H and O–H groups in total. The maximum atomic E-state index is 13.7. The molecule has 1 aromatic heterocycles. The van der Waals surface area contributed by atoms with Crippen molar-refractivity contribution in [2.45, 2.75) is 31.8 Å². The molecule has 6 heteroatoms. The average Bonchev–Trinajstić information content (AvgIpc) is 2.92. The molecular formula is C31H27N3O2S. The van der Waals surface area contributed by atoms with Crippen LogP contribution < -0.4 is 10.2 Å². The number of hydrogen-bond acceptors (Lipinski definition) is 4. The lowest BCUT2D eigenvalue weighted by atomic mass is 10.0. The molecule has 184 valence electrons. The first kappa shape index (κ1) is 24.5. The first-order valence-electron chi connectivity index (χ1n) is 12.1. The van der Waals surface area contributed by atoms with E-state index in [4.69, 9.17) is 0 Å². The quantitative estimate of drug-likeness (QED) is 0.312. The zero-order valence-electron chi connectivity index (χ0n) is 20.8. The second-order valence-corrected chi connectivity index (χ2v) is 10.1. The third-order valence-electron chi connectivity index (χ3n) is 6.31. The molecule has 0 saturated carbocycles. The van der Waals surface area contributed by atoms with Gasteiger partial charge >= 0.3 is 0 Å². The zero-order chi connectivity index (χ0) is 25.8. The first-order valence-corrected chi connectivity index (χ1v) is 12.9. The molecule has 0 saturated heterocycles. The van der Waals surface area contributed by atoms with Crippen molar-refractivity contribution in [1.82, 2.24) is 10.3 Å². The number of amides is 2. The van der Waals surface area contributed by atoms with E-state index < -0.39 is 0 Å². The van der Waals surface area contributed by atoms with Crippen molar-refractivity contribution in [3.8, 4) is 0 Å². The number of rotatable bonds is 6. The largest absolute Gasteiger partial charge is 0.348 e. The van der Waals surface area contributed by atoms with Gasteiger partial charge in [0.1, 0.15) is 0 Å². The summed E-state index contributed by atoms with van der Waals surface area (Å²) in [4.78, 5) is 33.8. The van der Waals surface area contributed by atoms with E-state index >= 15 is 0 Å². The highest BCUT2D eigenvalue weighted by molar-refractivity contribution is 8.04. The molecule has 0 aliphatic carbocycles. The van der Waals surface area contributed by atoms with Crippen molar-refractivity contribution in [2.24, 2.45) is 0 Å². The van der Waals surface area contributed by atoms with Gasteiger partial charge in [-0.3, -0.25) is 14.6 Å². The van der Waals surface area contributed by atoms with Gasteiger partial charge in [0.15, 0.2) is 0 Å². The first-order chi connectivity index (χ1) is 18.0. The van der Waals surface area contributed by atoms with E-state index in [1.165, 1.54) is 17.3 Å². The number of nitrogens with one attached hydrogen (secondary N) is 1. The van der Waals surface area contributed by atoms with Crippen LogP contribution in [-0.4, -0.2) is 16.8 Å². The fraction of sp³-hybridized carbons (Fsp3) is 0.129. The number of aromatic nitrogens is 1. The van der Waals surface area contributed by atoms with Gasteiger partial charge in [0.2, 0.25) is 0 Å². The molecule has 1 aliphatic heterocycles. The number of carbonyl (C=O) groups is 2. The van der Waals surface area contributed by atoms with Crippen LogP contribution in [0.4, 0.5) is 5.69 Å². The predicted molar refractivity (Wildman–Crippen MR) is 149 cm³/mol. The van der Waals surface area contributed by atoms with E-state index in [9.17, 15) is 9.59 Å². The highest BCUT2D eigenvalue weighted by atomic mass is 32.2. The van der Waals surface area contributed by atoms with E-state index in [0.717, 1.165) is 32.8 Å². The average molecular weight is 506 g/mol. The summed E-state index contributed by atoms with van der Waals surface area (Å²) in [5, 5.41) is 2.91. The number of para-hydroxylation sites is 1. The second-order valence-electron chi connectivity index (χ2n) is 9.07. The smallest absolute Gasteiger partial charge is 0.265 e. The van der Waals surface area contributed by atoms with Crippen LogP contribution in [0, 0.1) is 13.8 Å². The number of hydrogen-bond donors (Lipinski definition) is 1. The lowest BCUT2D eigenvalue weighted by molar-refractivity contribution is -0.114. The van der Waals surface area contributed by atoms with E-state index in [-0.39, 0.29) is 11.8 Å². The predicted octanol–water partition coefficient (Wildman–Crippen LogP) is 6.31. The molecule has 0 unspecified atom stereocenters. The Morgan fingerprint density at radius 1 is 1.00 bits per heavy atom. The summed E-state index contributed by atoms with van der Waals surface area (Å²) in [7, 11) is 0. The minimum absolute atomic E-state index is 0.0251. The number of carbonyl (C=O) groups excluding carboxylic acids is 2. The summed E-state index contributed by atoms with van der Waals surface area (Å²) in [5.74, 6) is -0.178. The van der Waals surface area contributed by atoms with Gasteiger partial charge in [0.25, 0.3) is 11.8 Å². The molecule has 1 aliphatic rings. The minimum Gasteiger partial charge on any atom is -0.348 e. The third kappa shape index (κ3) is 5.65. The van der Waals surface area contributed by atoms with Crippen molar-refractivity contribution < 1.29 is 9.59 Å². The standard InChI is InChI=1S/C31H27N3O2S/c1-21-9-10-22(2)26(16-21)20-34-27-7-3-4-8-28(27)37-29(31(34)36)17-23-11-13-25(14-12-23)30(35)33-19-24-6-5-15-32-18-24/h3-18H,19-20H2,1-2H3,(H,33,35). The molecule has 0 atom stereocenters. The Hall–Kier alpha value is -4.16. The zero-order valence-corrected chi connectivity index (χ0v) is 21.6. The Morgan fingerprint density at radius 3 is 2.59 bits per heavy atom. The maximum Gasteiger partial charge on any atom is 0.265 e. The van der Waals surface area contributed by atoms with Crippen LogP contribution in [0.25, 0.3) is 6.08 Å². The molecule has 5 rings (SSSR count). The molecule has 37 heavy (non-hydrogen) atoms. The summed E-state index contributed by atoms with van der Waals surface area (Å²) in [6.45, 7) is 5.07. The van der Waals surface area contributed by atoms with Crippen LogP contribution in [0.1, 0.15) is 38.2 Å². The topological polar surface area (TPSA) is 62.3 Å². The van der Waals surface area contributed by atoms with Gasteiger partial charge in [0, 0.05) is 29.4 Å². The molecule has 5 nitrogen and oxygen atoms in total. The van der Waals surface area contributed by atoms with Crippen molar-refractivity contribution >= 4 is 35.3 Å². The monoisotopic (exact) mass is 505 g/mol. The number of fused-ring (bicyclic) bond motifs is 1. The van der Waals surface area contributed by atoms with E-state index in [0.29, 0.717) is 23.6 Å². The van der Waals surface area contributed by atoms with Gasteiger partial charge in [-0.05, 0) is 72.5 Å². The number of pyridine rings is 1. The van der Waals surface area contributed by atoms with Crippen LogP contribution in [0.15, 0.2) is 101 Å². The van der Waals surface area contributed by atoms with Crippen LogP contribution >= 0.6 is 11.8 Å². The van der Waals surface area contributed by atoms with Gasteiger partial charge in [-0.15, -0.1) is 0 Å². The van der Waals surface area contributed by atoms with Gasteiger partial charge in [-0.25, -0.2) is 0 Å². The number of thioether (sulfide) groups is 1. The van der Waals surface area contributed by atoms with Crippen molar-refractivity contribution in [1.29, 1.82) is 0 Å². The highest BCUT2D eigenvalue weighted by Gasteiger charge is 2.29. The van der Waals surface area contributed by atoms with Crippen LogP contribution in [0.5, 0.6) is 0 Å². The molecule has 4 aromatic rings. The molecule has 0 fully saturated rings. The SMILES string of the molecule is Cc1ccc(C)c(CN2C(=O)C(=Cc3ccc(C(=O)NCc4cccnc4)cc3)Sc3ccccc32)c1. The molecule has 2 heterocycles. The lowest BCUT2D eigenvalue weighted by Gasteiger charge is -2.31. The van der Waals surface area contributed by atoms with Gasteiger partial charge in [-0.1, -0.05) is 65.9 Å². The van der Waals surface area contributed by atoms with E-state index in [1.54, 1.807) is 24.5 Å². The van der Waals surface area contributed by atoms with Crippen molar-refractivity contribution in [2.75, 3.05) is 4.90 Å². The second kappa shape index (κ2) is 10.8. The van der Waals surface area contributed by atoms with Crippen molar-refractivity contribution in [3.63, 3.8) is 0 Å². The molecule has 3 aromatic carbocycles. The summed E-state index contributed by atoms with van der Waals surface area (Å²) in [5.41, 5.74) is 6.77. The molecule has 0 spiro atoms. The Balaban J connectivity index is 1.36. The molecule has 0 radical (unpaired) electrons. The summed E-state index contributed by atoms with van der Waals surface area (Å²) >= 11 is 1.48. The Morgan fingerprint density at radius 2 is 1.81 bits per heavy atom. The molecular weight excluding hydrogens is 478 g/mol. The van der Waals surface area contributed by atoms with Crippen LogP contribution in [0.2, 0.25) is 0 Å². The Bertz CT molecular complexity index is 1480. The maximum absolute atomic E-state index is 13.7. The summed E-state index contributed by atoms with van der Waals surface area (Å²) in [6.07, 6.45) is 5.34. The number of aryl methyl sites for hydroxylation is 2. The fourth-order valence-corrected chi connectivity index (χ4v) is 5.29. The number of anilines is 1. The van der Waals surface area contributed by atoms with Crippen molar-refractivity contribution in [3.05, 3.63) is 130 Å². The summed E-state index contributed by atoms with van der Waals surface area (Å²) in [6, 6.07) is 25.4. The summed E-state index contributed by atoms with van der Waals surface area (Å²) < 4.78 is 0. The van der Waals surface area contributed by atoms with Gasteiger partial charge in [-0.2, -0.15) is 0 Å². The van der Waals surface area contributed by atoms with E-state index in [2.05, 4.69) is 42.3 Å². The Labute approximate surface area is 221 Å². The normalized spacial score (nSPS) is 13.9. The van der Waals surface area contributed by atoms with Crippen LogP contribution in [0.3, 0.4) is 0 Å². The lowest BCUT2D eigenvalue weighted by Crippen LogP contribution is -2.34. The molecule has 0 bridgehead atoms. The molecule has 2 amide bonds. The minimum atomic E-state index is -0.153. The fourth-order valence-electron chi connectivity index (χ4n) is 4.23. The Kier molecular flexibility index (Phi) is 7.19. The van der Waals surface area contributed by atoms with Crippen LogP contribution in [-0.2, 0) is 17.9 Å². The number of nitrogens with zero attached hydrogens (tertiary/aromatic N) is 2. The number of benzene rings is 3. The third-order valence-corrected chi connectivity index (χ3v) is 7.39. The van der Waals surface area contributed by atoms with Gasteiger partial charge in [0.05, 0.1) is 17.1 Å².